The summed E-state index contributed by atoms with van der Waals surface area (Å²) in [7, 11) is 0. The summed E-state index contributed by atoms with van der Waals surface area (Å²) in [6, 6.07) is -1.64. The van der Waals surface area contributed by atoms with Crippen molar-refractivity contribution in [3.05, 3.63) is 12.7 Å². The van der Waals surface area contributed by atoms with Crippen molar-refractivity contribution in [1.82, 2.24) is 5.32 Å². The number of nitrogens with two attached hydrogens (primary N) is 1. The average molecular weight is 186 g/mol. The van der Waals surface area contributed by atoms with E-state index in [1.54, 1.807) is 0 Å². The molecule has 0 fully saturated rings. The molecule has 5 heteroatoms. The second-order valence-electron chi connectivity index (χ2n) is 2.71. The molecule has 0 rings (SSSR count). The van der Waals surface area contributed by atoms with Crippen LogP contribution in [-0.2, 0) is 9.59 Å². The summed E-state index contributed by atoms with van der Waals surface area (Å²) in [5, 5.41) is 10.9. The predicted molar refractivity (Wildman–Crippen MR) is 48.0 cm³/mol. The summed E-state index contributed by atoms with van der Waals surface area (Å²) < 4.78 is 0. The highest BCUT2D eigenvalue weighted by molar-refractivity contribution is 5.86. The molecular weight excluding hydrogens is 172 g/mol. The van der Waals surface area contributed by atoms with E-state index < -0.39 is 24.0 Å². The number of hydrogen-bond acceptors (Lipinski definition) is 3. The maximum absolute atomic E-state index is 11.0. The van der Waals surface area contributed by atoms with E-state index in [0.29, 0.717) is 0 Å². The van der Waals surface area contributed by atoms with Crippen LogP contribution in [0.25, 0.3) is 0 Å². The van der Waals surface area contributed by atoms with Crippen molar-refractivity contribution >= 4 is 11.9 Å². The quantitative estimate of drug-likeness (QED) is 0.504. The molecule has 0 aromatic rings. The van der Waals surface area contributed by atoms with E-state index in [-0.39, 0.29) is 6.42 Å². The van der Waals surface area contributed by atoms with E-state index in [4.69, 9.17) is 10.8 Å². The lowest BCUT2D eigenvalue weighted by atomic mass is 10.2. The molecule has 0 aliphatic heterocycles. The van der Waals surface area contributed by atoms with Gasteiger partial charge in [0.25, 0.3) is 0 Å². The van der Waals surface area contributed by atoms with Crippen molar-refractivity contribution in [3.63, 3.8) is 0 Å². The van der Waals surface area contributed by atoms with Crippen molar-refractivity contribution in [2.24, 2.45) is 5.73 Å². The number of carboxylic acids is 1. The van der Waals surface area contributed by atoms with Gasteiger partial charge in [0.05, 0.1) is 6.04 Å². The molecule has 0 saturated carbocycles. The van der Waals surface area contributed by atoms with E-state index in [1.165, 1.54) is 13.0 Å². The molecule has 0 aromatic carbocycles. The zero-order valence-corrected chi connectivity index (χ0v) is 7.49. The van der Waals surface area contributed by atoms with Crippen LogP contribution in [0.5, 0.6) is 0 Å². The van der Waals surface area contributed by atoms with Crippen molar-refractivity contribution < 1.29 is 14.7 Å². The maximum atomic E-state index is 11.0. The van der Waals surface area contributed by atoms with Crippen molar-refractivity contribution in [3.8, 4) is 0 Å². The Morgan fingerprint density at radius 3 is 2.54 bits per heavy atom. The van der Waals surface area contributed by atoms with Crippen molar-refractivity contribution in [2.75, 3.05) is 0 Å². The van der Waals surface area contributed by atoms with Crippen LogP contribution in [0, 0.1) is 0 Å². The highest BCUT2D eigenvalue weighted by Gasteiger charge is 2.19. The maximum Gasteiger partial charge on any atom is 0.326 e. The Balaban J connectivity index is 4.17. The molecule has 0 saturated heterocycles. The van der Waals surface area contributed by atoms with E-state index >= 15 is 0 Å². The molecule has 0 spiro atoms. The zero-order chi connectivity index (χ0) is 10.4. The number of hydrogen-bond donors (Lipinski definition) is 3. The summed E-state index contributed by atoms with van der Waals surface area (Å²) >= 11 is 0. The van der Waals surface area contributed by atoms with Gasteiger partial charge in [0.1, 0.15) is 6.04 Å². The fourth-order valence-corrected chi connectivity index (χ4v) is 0.691. The molecule has 0 bridgehead atoms. The van der Waals surface area contributed by atoms with Gasteiger partial charge in [-0.3, -0.25) is 4.79 Å². The number of nitrogens with one attached hydrogen (secondary N) is 1. The summed E-state index contributed by atoms with van der Waals surface area (Å²) in [4.78, 5) is 21.5. The van der Waals surface area contributed by atoms with Gasteiger partial charge in [0, 0.05) is 0 Å². The predicted octanol–water partition coefficient (Wildman–Crippen LogP) is -0.521. The first-order valence-corrected chi connectivity index (χ1v) is 3.88. The molecule has 4 N–H and O–H groups in total. The monoisotopic (exact) mass is 186 g/mol. The Labute approximate surface area is 76.6 Å². The molecule has 1 amide bonds. The molecule has 0 aromatic heterocycles. The molecule has 13 heavy (non-hydrogen) atoms. The van der Waals surface area contributed by atoms with Crippen LogP contribution < -0.4 is 11.1 Å². The van der Waals surface area contributed by atoms with Crippen LogP contribution in [0.4, 0.5) is 0 Å². The first-order chi connectivity index (χ1) is 5.99. The fourth-order valence-electron chi connectivity index (χ4n) is 0.691. The van der Waals surface area contributed by atoms with Gasteiger partial charge in [-0.05, 0) is 13.3 Å². The summed E-state index contributed by atoms with van der Waals surface area (Å²) in [5.74, 6) is -1.57. The highest BCUT2D eigenvalue weighted by Crippen LogP contribution is 1.93. The molecular formula is C8H14N2O3. The lowest BCUT2D eigenvalue weighted by Crippen LogP contribution is -2.47. The topological polar surface area (TPSA) is 92.4 Å². The summed E-state index contributed by atoms with van der Waals surface area (Å²) in [6.07, 6.45) is 1.62. The van der Waals surface area contributed by atoms with Gasteiger partial charge in [-0.1, -0.05) is 6.08 Å². The summed E-state index contributed by atoms with van der Waals surface area (Å²) in [6.45, 7) is 4.88. The SMILES string of the molecule is C=CCC(NC(=O)C(C)N)C(=O)O. The Hall–Kier alpha value is -1.36. The van der Waals surface area contributed by atoms with E-state index in [0.717, 1.165) is 0 Å². The van der Waals surface area contributed by atoms with Gasteiger partial charge < -0.3 is 16.2 Å². The number of carboxylic acid groups (broad SMARTS) is 1. The number of aliphatic carboxylic acids is 1. The zero-order valence-electron chi connectivity index (χ0n) is 7.49. The fraction of sp³-hybridized carbons (Fsp3) is 0.500. The van der Waals surface area contributed by atoms with Gasteiger partial charge in [-0.25, -0.2) is 4.79 Å². The van der Waals surface area contributed by atoms with Crippen LogP contribution in [0.3, 0.4) is 0 Å². The largest absolute Gasteiger partial charge is 0.480 e. The number of amides is 1. The smallest absolute Gasteiger partial charge is 0.326 e. The summed E-state index contributed by atoms with van der Waals surface area (Å²) in [5.41, 5.74) is 5.25. The Morgan fingerprint density at radius 1 is 1.69 bits per heavy atom. The average Bonchev–Trinajstić information content (AvgIpc) is 2.03. The molecule has 0 aliphatic rings. The Morgan fingerprint density at radius 2 is 2.23 bits per heavy atom. The number of carbonyl (C=O) groups excluding carboxylic acids is 1. The van der Waals surface area contributed by atoms with Crippen LogP contribution in [0.15, 0.2) is 12.7 Å². The van der Waals surface area contributed by atoms with E-state index in [2.05, 4.69) is 11.9 Å². The minimum atomic E-state index is -1.09. The molecule has 74 valence electrons. The van der Waals surface area contributed by atoms with Crippen LogP contribution in [-0.4, -0.2) is 29.1 Å². The Bertz CT molecular complexity index is 213. The second kappa shape index (κ2) is 5.31. The lowest BCUT2D eigenvalue weighted by molar-refractivity contribution is -0.141. The molecule has 0 heterocycles. The highest BCUT2D eigenvalue weighted by atomic mass is 16.4. The van der Waals surface area contributed by atoms with Crippen LogP contribution in [0.1, 0.15) is 13.3 Å². The lowest BCUT2D eigenvalue weighted by Gasteiger charge is -2.13. The van der Waals surface area contributed by atoms with Crippen LogP contribution >= 0.6 is 0 Å². The third-order valence-corrected chi connectivity index (χ3v) is 1.43. The third kappa shape index (κ3) is 4.27. The molecule has 2 atom stereocenters. The van der Waals surface area contributed by atoms with Gasteiger partial charge in [-0.2, -0.15) is 0 Å². The molecule has 0 aliphatic carbocycles. The minimum Gasteiger partial charge on any atom is -0.480 e. The standard InChI is InChI=1S/C8H14N2O3/c1-3-4-6(8(12)13)10-7(11)5(2)9/h3,5-6H,1,4,9H2,2H3,(H,10,11)(H,12,13). The molecule has 2 unspecified atom stereocenters. The number of rotatable bonds is 5. The minimum absolute atomic E-state index is 0.188. The van der Waals surface area contributed by atoms with Gasteiger partial charge in [0.2, 0.25) is 5.91 Å². The van der Waals surface area contributed by atoms with Gasteiger partial charge in [0.15, 0.2) is 0 Å². The normalized spacial score (nSPS) is 14.3. The Kier molecular flexibility index (Phi) is 4.76. The van der Waals surface area contributed by atoms with Gasteiger partial charge in [-0.15, -0.1) is 6.58 Å². The molecule has 0 radical (unpaired) electrons. The van der Waals surface area contributed by atoms with E-state index in [1.807, 2.05) is 0 Å². The first-order valence-electron chi connectivity index (χ1n) is 3.88. The van der Waals surface area contributed by atoms with Crippen molar-refractivity contribution in [2.45, 2.75) is 25.4 Å². The van der Waals surface area contributed by atoms with Crippen molar-refractivity contribution in [1.29, 1.82) is 0 Å². The second-order valence-corrected chi connectivity index (χ2v) is 2.71. The van der Waals surface area contributed by atoms with Crippen LogP contribution in [0.2, 0.25) is 0 Å². The van der Waals surface area contributed by atoms with Gasteiger partial charge >= 0.3 is 5.97 Å². The molecule has 5 nitrogen and oxygen atoms in total. The number of carbonyl (C=O) groups is 2. The third-order valence-electron chi connectivity index (χ3n) is 1.43. The first kappa shape index (κ1) is 11.6. The van der Waals surface area contributed by atoms with E-state index in [9.17, 15) is 9.59 Å².